The lowest BCUT2D eigenvalue weighted by Gasteiger charge is -2.36. The van der Waals surface area contributed by atoms with E-state index in [0.29, 0.717) is 12.6 Å². The van der Waals surface area contributed by atoms with E-state index in [1.54, 1.807) is 17.1 Å². The molecule has 0 radical (unpaired) electrons. The Bertz CT molecular complexity index is 1080. The molecule has 7 heteroatoms. The van der Waals surface area contributed by atoms with E-state index >= 15 is 0 Å². The van der Waals surface area contributed by atoms with Gasteiger partial charge in [0.25, 0.3) is 5.56 Å². The molecule has 1 unspecified atom stereocenters. The number of benzene rings is 1. The average Bonchev–Trinajstić information content (AvgIpc) is 2.77. The molecule has 0 amide bonds. The van der Waals surface area contributed by atoms with Gasteiger partial charge in [0.15, 0.2) is 0 Å². The standard InChI is InChI=1S/C24H32N6O/c1-24(2,3)21-11-12-22(31)30(28-21)15-14-29-13-7-6-8-18(29)16-25-23-19-9-4-5-10-20(19)26-17-27-23/h4-5,9-12,17-18H,6-8,13-16H2,1-3H3,(H,25,26,27). The van der Waals surface area contributed by atoms with Crippen LogP contribution in [0.15, 0.2) is 47.5 Å². The number of hydrogen-bond donors (Lipinski definition) is 1. The first-order valence-electron chi connectivity index (χ1n) is 11.2. The number of para-hydroxylation sites is 1. The first-order valence-corrected chi connectivity index (χ1v) is 11.2. The smallest absolute Gasteiger partial charge is 0.266 e. The Morgan fingerprint density at radius 1 is 1.06 bits per heavy atom. The van der Waals surface area contributed by atoms with Gasteiger partial charge in [-0.15, -0.1) is 0 Å². The third-order valence-corrected chi connectivity index (χ3v) is 6.03. The number of rotatable bonds is 6. The molecule has 0 saturated carbocycles. The van der Waals surface area contributed by atoms with Crippen LogP contribution in [-0.4, -0.2) is 50.3 Å². The van der Waals surface area contributed by atoms with Gasteiger partial charge in [-0.25, -0.2) is 14.6 Å². The fourth-order valence-corrected chi connectivity index (χ4v) is 4.18. The SMILES string of the molecule is CC(C)(C)c1ccc(=O)n(CCN2CCCCC2CNc2ncnc3ccccc23)n1. The van der Waals surface area contributed by atoms with Crippen LogP contribution in [0.25, 0.3) is 10.9 Å². The molecule has 1 N–H and O–H groups in total. The zero-order valence-corrected chi connectivity index (χ0v) is 18.7. The molecule has 4 rings (SSSR count). The molecule has 0 aliphatic carbocycles. The Labute approximate surface area is 183 Å². The predicted molar refractivity (Wildman–Crippen MR) is 124 cm³/mol. The molecule has 1 fully saturated rings. The number of piperidine rings is 1. The number of aromatic nitrogens is 4. The maximum absolute atomic E-state index is 12.3. The van der Waals surface area contributed by atoms with E-state index in [0.717, 1.165) is 48.5 Å². The summed E-state index contributed by atoms with van der Waals surface area (Å²) < 4.78 is 1.62. The summed E-state index contributed by atoms with van der Waals surface area (Å²) in [5, 5.41) is 9.22. The highest BCUT2D eigenvalue weighted by molar-refractivity contribution is 5.88. The van der Waals surface area contributed by atoms with Crippen molar-refractivity contribution in [2.75, 3.05) is 25.0 Å². The zero-order valence-electron chi connectivity index (χ0n) is 18.7. The summed E-state index contributed by atoms with van der Waals surface area (Å²) in [6.07, 6.45) is 5.17. The second-order valence-corrected chi connectivity index (χ2v) is 9.34. The van der Waals surface area contributed by atoms with E-state index in [4.69, 9.17) is 0 Å². The maximum atomic E-state index is 12.3. The summed E-state index contributed by atoms with van der Waals surface area (Å²) >= 11 is 0. The van der Waals surface area contributed by atoms with Crippen LogP contribution < -0.4 is 10.9 Å². The molecule has 1 atom stereocenters. The second kappa shape index (κ2) is 9.14. The van der Waals surface area contributed by atoms with Crippen LogP contribution in [0.2, 0.25) is 0 Å². The lowest BCUT2D eigenvalue weighted by atomic mass is 9.92. The van der Waals surface area contributed by atoms with E-state index < -0.39 is 0 Å². The summed E-state index contributed by atoms with van der Waals surface area (Å²) in [6.45, 7) is 9.65. The molecule has 1 aromatic carbocycles. The van der Waals surface area contributed by atoms with Gasteiger partial charge in [-0.2, -0.15) is 5.10 Å². The van der Waals surface area contributed by atoms with Crippen molar-refractivity contribution < 1.29 is 0 Å². The van der Waals surface area contributed by atoms with Gasteiger partial charge >= 0.3 is 0 Å². The summed E-state index contributed by atoms with van der Waals surface area (Å²) in [5.41, 5.74) is 1.78. The van der Waals surface area contributed by atoms with Gasteiger partial charge in [-0.1, -0.05) is 39.3 Å². The summed E-state index contributed by atoms with van der Waals surface area (Å²) in [6, 6.07) is 12.0. The Kier molecular flexibility index (Phi) is 6.32. The van der Waals surface area contributed by atoms with Crippen molar-refractivity contribution in [3.63, 3.8) is 0 Å². The van der Waals surface area contributed by atoms with Crippen molar-refractivity contribution in [2.45, 2.75) is 58.0 Å². The fraction of sp³-hybridized carbons (Fsp3) is 0.500. The maximum Gasteiger partial charge on any atom is 0.266 e. The van der Waals surface area contributed by atoms with Crippen molar-refractivity contribution >= 4 is 16.7 Å². The summed E-state index contributed by atoms with van der Waals surface area (Å²) in [7, 11) is 0. The van der Waals surface area contributed by atoms with E-state index in [1.807, 2.05) is 24.3 Å². The van der Waals surface area contributed by atoms with Crippen molar-refractivity contribution in [1.82, 2.24) is 24.6 Å². The Morgan fingerprint density at radius 2 is 1.90 bits per heavy atom. The number of nitrogens with zero attached hydrogens (tertiary/aromatic N) is 5. The Balaban J connectivity index is 1.43. The molecule has 1 aliphatic heterocycles. The van der Waals surface area contributed by atoms with Gasteiger partial charge < -0.3 is 5.32 Å². The van der Waals surface area contributed by atoms with Crippen molar-refractivity contribution in [3.05, 3.63) is 58.8 Å². The summed E-state index contributed by atoms with van der Waals surface area (Å²) in [4.78, 5) is 23.6. The first kappa shape index (κ1) is 21.4. The molecule has 1 saturated heterocycles. The third kappa shape index (κ3) is 5.10. The van der Waals surface area contributed by atoms with Crippen LogP contribution in [0.3, 0.4) is 0 Å². The van der Waals surface area contributed by atoms with Gasteiger partial charge in [0.1, 0.15) is 12.1 Å². The predicted octanol–water partition coefficient (Wildman–Crippen LogP) is 3.45. The van der Waals surface area contributed by atoms with Gasteiger partial charge in [-0.05, 0) is 37.6 Å². The van der Waals surface area contributed by atoms with E-state index in [9.17, 15) is 4.79 Å². The Hall–Kier alpha value is -2.80. The van der Waals surface area contributed by atoms with E-state index in [-0.39, 0.29) is 11.0 Å². The Morgan fingerprint density at radius 3 is 2.74 bits per heavy atom. The molecule has 164 valence electrons. The molecule has 3 aromatic rings. The van der Waals surface area contributed by atoms with Crippen LogP contribution in [0.4, 0.5) is 5.82 Å². The lowest BCUT2D eigenvalue weighted by molar-refractivity contribution is 0.147. The minimum absolute atomic E-state index is 0.0351. The number of fused-ring (bicyclic) bond motifs is 1. The monoisotopic (exact) mass is 420 g/mol. The quantitative estimate of drug-likeness (QED) is 0.658. The van der Waals surface area contributed by atoms with Crippen LogP contribution in [0.5, 0.6) is 0 Å². The highest BCUT2D eigenvalue weighted by Crippen LogP contribution is 2.21. The molecule has 2 aromatic heterocycles. The highest BCUT2D eigenvalue weighted by Gasteiger charge is 2.23. The van der Waals surface area contributed by atoms with E-state index in [1.165, 1.54) is 12.8 Å². The average molecular weight is 421 g/mol. The zero-order chi connectivity index (χ0) is 21.8. The molecule has 0 spiro atoms. The summed E-state index contributed by atoms with van der Waals surface area (Å²) in [5.74, 6) is 0.881. The molecule has 1 aliphatic rings. The molecular weight excluding hydrogens is 388 g/mol. The van der Waals surface area contributed by atoms with E-state index in [2.05, 4.69) is 52.1 Å². The molecule has 0 bridgehead atoms. The second-order valence-electron chi connectivity index (χ2n) is 9.34. The number of likely N-dealkylation sites (tertiary alicyclic amines) is 1. The van der Waals surface area contributed by atoms with Crippen LogP contribution in [-0.2, 0) is 12.0 Å². The highest BCUT2D eigenvalue weighted by atomic mass is 16.1. The van der Waals surface area contributed by atoms with Gasteiger partial charge in [-0.3, -0.25) is 9.69 Å². The number of nitrogens with one attached hydrogen (secondary N) is 1. The normalized spacial score (nSPS) is 17.7. The minimum atomic E-state index is -0.0760. The van der Waals surface area contributed by atoms with Gasteiger partial charge in [0.05, 0.1) is 17.8 Å². The number of hydrogen-bond acceptors (Lipinski definition) is 6. The lowest BCUT2D eigenvalue weighted by Crippen LogP contribution is -2.45. The van der Waals surface area contributed by atoms with Crippen LogP contribution >= 0.6 is 0 Å². The van der Waals surface area contributed by atoms with Crippen LogP contribution in [0, 0.1) is 0 Å². The molecule has 7 nitrogen and oxygen atoms in total. The van der Waals surface area contributed by atoms with Crippen LogP contribution in [0.1, 0.15) is 45.7 Å². The van der Waals surface area contributed by atoms with Crippen molar-refractivity contribution in [2.24, 2.45) is 0 Å². The third-order valence-electron chi connectivity index (χ3n) is 6.03. The van der Waals surface area contributed by atoms with Crippen molar-refractivity contribution in [3.8, 4) is 0 Å². The van der Waals surface area contributed by atoms with Crippen molar-refractivity contribution in [1.29, 1.82) is 0 Å². The molecule has 31 heavy (non-hydrogen) atoms. The fourth-order valence-electron chi connectivity index (χ4n) is 4.18. The molecular formula is C24H32N6O. The molecule has 3 heterocycles. The number of anilines is 1. The van der Waals surface area contributed by atoms with Gasteiger partial charge in [0, 0.05) is 36.0 Å². The minimum Gasteiger partial charge on any atom is -0.368 e. The first-order chi connectivity index (χ1) is 14.9. The largest absolute Gasteiger partial charge is 0.368 e. The topological polar surface area (TPSA) is 75.9 Å². The van der Waals surface area contributed by atoms with Gasteiger partial charge in [0.2, 0.25) is 0 Å².